The highest BCUT2D eigenvalue weighted by Crippen LogP contribution is 2.46. The highest BCUT2D eigenvalue weighted by Gasteiger charge is 2.45. The summed E-state index contributed by atoms with van der Waals surface area (Å²) in [6.45, 7) is 9.92. The number of nitrogens with zero attached hydrogens (tertiary/aromatic N) is 1. The summed E-state index contributed by atoms with van der Waals surface area (Å²) in [6.07, 6.45) is 8.67. The molecule has 0 atom stereocenters. The zero-order valence-corrected chi connectivity index (χ0v) is 10.1. The number of rotatable bonds is 2. The van der Waals surface area contributed by atoms with Crippen LogP contribution in [0.3, 0.4) is 0 Å². The van der Waals surface area contributed by atoms with Crippen molar-refractivity contribution < 1.29 is 0 Å². The van der Waals surface area contributed by atoms with E-state index in [0.29, 0.717) is 11.0 Å². The fourth-order valence-corrected chi connectivity index (χ4v) is 3.37. The van der Waals surface area contributed by atoms with E-state index in [1.54, 1.807) is 0 Å². The van der Waals surface area contributed by atoms with Crippen LogP contribution in [0.1, 0.15) is 59.3 Å². The van der Waals surface area contributed by atoms with E-state index in [2.05, 4.69) is 25.7 Å². The van der Waals surface area contributed by atoms with Crippen LogP contribution in [-0.2, 0) is 0 Å². The van der Waals surface area contributed by atoms with Gasteiger partial charge in [0, 0.05) is 5.54 Å². The zero-order chi connectivity index (χ0) is 10.2. The van der Waals surface area contributed by atoms with Crippen molar-refractivity contribution in [1.82, 2.24) is 4.90 Å². The number of hydrogen-bond donors (Lipinski definition) is 0. The van der Waals surface area contributed by atoms with Crippen molar-refractivity contribution in [3.05, 3.63) is 0 Å². The average molecular weight is 195 g/mol. The highest BCUT2D eigenvalue weighted by molar-refractivity contribution is 5.01. The van der Waals surface area contributed by atoms with Crippen molar-refractivity contribution in [1.29, 1.82) is 0 Å². The van der Waals surface area contributed by atoms with Crippen LogP contribution in [0.5, 0.6) is 0 Å². The van der Waals surface area contributed by atoms with Gasteiger partial charge in [-0.2, -0.15) is 0 Å². The van der Waals surface area contributed by atoms with Gasteiger partial charge in [-0.1, -0.05) is 20.8 Å². The second-order valence-electron chi connectivity index (χ2n) is 6.51. The van der Waals surface area contributed by atoms with Crippen LogP contribution >= 0.6 is 0 Å². The molecule has 1 aliphatic heterocycles. The molecule has 82 valence electrons. The van der Waals surface area contributed by atoms with Gasteiger partial charge in [-0.15, -0.1) is 0 Å². The lowest BCUT2D eigenvalue weighted by Crippen LogP contribution is -2.54. The molecule has 0 unspecified atom stereocenters. The first-order chi connectivity index (χ1) is 6.52. The van der Waals surface area contributed by atoms with Gasteiger partial charge in [0.05, 0.1) is 0 Å². The molecule has 0 spiro atoms. The third-order valence-electron chi connectivity index (χ3n) is 3.92. The average Bonchev–Trinajstić information content (AvgIpc) is 2.46. The monoisotopic (exact) mass is 195 g/mol. The van der Waals surface area contributed by atoms with E-state index in [9.17, 15) is 0 Å². The Bertz CT molecular complexity index is 192. The van der Waals surface area contributed by atoms with Crippen LogP contribution in [0, 0.1) is 5.41 Å². The summed E-state index contributed by atoms with van der Waals surface area (Å²) in [6, 6.07) is 0. The largest absolute Gasteiger partial charge is 0.298 e. The lowest BCUT2D eigenvalue weighted by molar-refractivity contribution is 0.0000963. The lowest BCUT2D eigenvalue weighted by Gasteiger charge is -2.52. The summed E-state index contributed by atoms with van der Waals surface area (Å²) in [5.74, 6) is 0. The molecule has 14 heavy (non-hydrogen) atoms. The molecule has 0 aromatic heterocycles. The van der Waals surface area contributed by atoms with E-state index in [-0.39, 0.29) is 0 Å². The van der Waals surface area contributed by atoms with Crippen molar-refractivity contribution >= 4 is 0 Å². The first-order valence-electron chi connectivity index (χ1n) is 6.27. The van der Waals surface area contributed by atoms with Gasteiger partial charge in [0.2, 0.25) is 0 Å². The van der Waals surface area contributed by atoms with Crippen molar-refractivity contribution in [2.45, 2.75) is 64.8 Å². The molecule has 2 aliphatic rings. The molecule has 0 N–H and O–H groups in total. The molecular formula is C13H25N. The third kappa shape index (κ3) is 1.98. The molecule has 0 bridgehead atoms. The molecule has 1 nitrogen and oxygen atoms in total. The van der Waals surface area contributed by atoms with E-state index in [1.807, 2.05) is 0 Å². The van der Waals surface area contributed by atoms with Gasteiger partial charge in [0.15, 0.2) is 0 Å². The summed E-state index contributed by atoms with van der Waals surface area (Å²) in [5, 5.41) is 0. The first-order valence-corrected chi connectivity index (χ1v) is 6.27. The molecule has 1 saturated carbocycles. The smallest absolute Gasteiger partial charge is 0.0214 e. The Hall–Kier alpha value is -0.0400. The maximum atomic E-state index is 2.79. The summed E-state index contributed by atoms with van der Waals surface area (Å²) >= 11 is 0. The summed E-state index contributed by atoms with van der Waals surface area (Å²) < 4.78 is 0. The minimum absolute atomic E-state index is 0.503. The van der Waals surface area contributed by atoms with Gasteiger partial charge in [-0.25, -0.2) is 0 Å². The van der Waals surface area contributed by atoms with Crippen molar-refractivity contribution in [3.8, 4) is 0 Å². The van der Waals surface area contributed by atoms with Gasteiger partial charge in [0.25, 0.3) is 0 Å². The SMILES string of the molecule is CC(C)(C)CC1(N2CCCC2)CCC1. The van der Waals surface area contributed by atoms with E-state index in [1.165, 1.54) is 51.6 Å². The minimum atomic E-state index is 0.503. The number of hydrogen-bond acceptors (Lipinski definition) is 1. The van der Waals surface area contributed by atoms with Crippen LogP contribution in [-0.4, -0.2) is 23.5 Å². The molecule has 0 aromatic carbocycles. The van der Waals surface area contributed by atoms with Gasteiger partial charge >= 0.3 is 0 Å². The van der Waals surface area contributed by atoms with Gasteiger partial charge in [-0.3, -0.25) is 4.90 Å². The molecule has 1 aliphatic carbocycles. The third-order valence-corrected chi connectivity index (χ3v) is 3.92. The van der Waals surface area contributed by atoms with Gasteiger partial charge in [-0.05, 0) is 57.0 Å². The quantitative estimate of drug-likeness (QED) is 0.652. The minimum Gasteiger partial charge on any atom is -0.298 e. The normalized spacial score (nSPS) is 27.6. The molecule has 0 aromatic rings. The molecule has 1 saturated heterocycles. The van der Waals surface area contributed by atoms with Crippen LogP contribution in [0.25, 0.3) is 0 Å². The van der Waals surface area contributed by atoms with Crippen molar-refractivity contribution in [2.75, 3.05) is 13.1 Å². The Morgan fingerprint density at radius 3 is 1.93 bits per heavy atom. The van der Waals surface area contributed by atoms with Crippen molar-refractivity contribution in [2.24, 2.45) is 5.41 Å². The second-order valence-corrected chi connectivity index (χ2v) is 6.51. The molecule has 2 rings (SSSR count). The van der Waals surface area contributed by atoms with E-state index in [0.717, 1.165) is 0 Å². The van der Waals surface area contributed by atoms with E-state index in [4.69, 9.17) is 0 Å². The molecule has 2 fully saturated rings. The summed E-state index contributed by atoms with van der Waals surface area (Å²) in [7, 11) is 0. The topological polar surface area (TPSA) is 3.24 Å². The standard InChI is InChI=1S/C13H25N/c1-12(2,3)11-13(7-6-8-13)14-9-4-5-10-14/h4-11H2,1-3H3. The first kappa shape index (κ1) is 10.5. The van der Waals surface area contributed by atoms with Gasteiger partial charge in [0.1, 0.15) is 0 Å². The van der Waals surface area contributed by atoms with Crippen LogP contribution in [0.2, 0.25) is 0 Å². The van der Waals surface area contributed by atoms with E-state index >= 15 is 0 Å². The predicted octanol–water partition coefficient (Wildman–Crippen LogP) is 3.44. The van der Waals surface area contributed by atoms with Crippen LogP contribution < -0.4 is 0 Å². The zero-order valence-electron chi connectivity index (χ0n) is 10.1. The molecular weight excluding hydrogens is 170 g/mol. The molecule has 0 amide bonds. The maximum Gasteiger partial charge on any atom is 0.0214 e. The predicted molar refractivity (Wildman–Crippen MR) is 61.5 cm³/mol. The summed E-state index contributed by atoms with van der Waals surface area (Å²) in [5.41, 5.74) is 1.12. The van der Waals surface area contributed by atoms with Crippen LogP contribution in [0.4, 0.5) is 0 Å². The Morgan fingerprint density at radius 1 is 1.00 bits per heavy atom. The highest BCUT2D eigenvalue weighted by atomic mass is 15.2. The Morgan fingerprint density at radius 2 is 1.57 bits per heavy atom. The van der Waals surface area contributed by atoms with E-state index < -0.39 is 0 Å². The van der Waals surface area contributed by atoms with Crippen molar-refractivity contribution in [3.63, 3.8) is 0 Å². The Balaban J connectivity index is 2.01. The Kier molecular flexibility index (Phi) is 2.63. The second kappa shape index (κ2) is 3.52. The Labute approximate surface area is 88.9 Å². The number of likely N-dealkylation sites (tertiary alicyclic amines) is 1. The fourth-order valence-electron chi connectivity index (χ4n) is 3.37. The molecule has 1 heterocycles. The van der Waals surface area contributed by atoms with Crippen LogP contribution in [0.15, 0.2) is 0 Å². The lowest BCUT2D eigenvalue weighted by atomic mass is 9.67. The molecule has 0 radical (unpaired) electrons. The maximum absolute atomic E-state index is 2.79. The summed E-state index contributed by atoms with van der Waals surface area (Å²) in [4.78, 5) is 2.79. The van der Waals surface area contributed by atoms with Gasteiger partial charge < -0.3 is 0 Å². The fraction of sp³-hybridized carbons (Fsp3) is 1.00. The molecule has 1 heteroatoms.